The molecule has 1 N–H and O–H groups in total. The number of carbonyl (C=O) groups is 2. The van der Waals surface area contributed by atoms with Gasteiger partial charge in [-0.15, -0.1) is 0 Å². The van der Waals surface area contributed by atoms with Crippen molar-refractivity contribution in [2.24, 2.45) is 0 Å². The number of carbonyl (C=O) groups excluding carboxylic acids is 2. The zero-order chi connectivity index (χ0) is 18.3. The summed E-state index contributed by atoms with van der Waals surface area (Å²) in [6.07, 6.45) is 4.03. The minimum atomic E-state index is -0.734. The molecule has 0 radical (unpaired) electrons. The van der Waals surface area contributed by atoms with E-state index in [0.717, 1.165) is 37.9 Å². The Kier molecular flexibility index (Phi) is 4.70. The molecule has 2 atom stereocenters. The minimum absolute atomic E-state index is 0.0300. The van der Waals surface area contributed by atoms with Crippen molar-refractivity contribution in [3.63, 3.8) is 0 Å². The molecule has 1 aromatic rings. The summed E-state index contributed by atoms with van der Waals surface area (Å²) in [6.45, 7) is 2.44. The summed E-state index contributed by atoms with van der Waals surface area (Å²) in [5.74, 6) is 0.193. The van der Waals surface area contributed by atoms with E-state index in [0.29, 0.717) is 24.4 Å². The molecule has 0 bridgehead atoms. The van der Waals surface area contributed by atoms with E-state index in [-0.39, 0.29) is 23.9 Å². The maximum atomic E-state index is 13.5. The van der Waals surface area contributed by atoms with Gasteiger partial charge in [0.05, 0.1) is 5.41 Å². The molecule has 26 heavy (non-hydrogen) atoms. The van der Waals surface area contributed by atoms with E-state index in [1.54, 1.807) is 0 Å². The maximum absolute atomic E-state index is 13.5. The van der Waals surface area contributed by atoms with Crippen molar-refractivity contribution in [1.29, 1.82) is 0 Å². The number of hydrogen-bond donors (Lipinski definition) is 1. The highest BCUT2D eigenvalue weighted by molar-refractivity contribution is 6.31. The zero-order valence-corrected chi connectivity index (χ0v) is 16.0. The SMILES string of the molecule is CN1CCC(NC(=O)[C@@]2(c3ccccc3Cl)C[C@@H]3CCC(=O)N3C2)CC1. The number of amides is 2. The van der Waals surface area contributed by atoms with Gasteiger partial charge in [-0.1, -0.05) is 29.8 Å². The van der Waals surface area contributed by atoms with Crippen LogP contribution in [0.1, 0.15) is 37.7 Å². The van der Waals surface area contributed by atoms with Crippen LogP contribution in [-0.4, -0.2) is 60.4 Å². The average Bonchev–Trinajstić information content (AvgIpc) is 3.17. The predicted molar refractivity (Wildman–Crippen MR) is 101 cm³/mol. The summed E-state index contributed by atoms with van der Waals surface area (Å²) < 4.78 is 0. The third-order valence-electron chi connectivity index (χ3n) is 6.35. The van der Waals surface area contributed by atoms with Crippen LogP contribution >= 0.6 is 11.6 Å². The third kappa shape index (κ3) is 3.01. The molecule has 1 aromatic carbocycles. The molecule has 3 fully saturated rings. The van der Waals surface area contributed by atoms with Gasteiger partial charge in [0.15, 0.2) is 0 Å². The molecule has 6 heteroatoms. The minimum Gasteiger partial charge on any atom is -0.352 e. The number of benzene rings is 1. The molecule has 5 nitrogen and oxygen atoms in total. The Bertz CT molecular complexity index is 717. The lowest BCUT2D eigenvalue weighted by Crippen LogP contribution is -2.52. The van der Waals surface area contributed by atoms with Crippen molar-refractivity contribution >= 4 is 23.4 Å². The number of piperidine rings is 1. The molecule has 0 aromatic heterocycles. The molecule has 0 saturated carbocycles. The quantitative estimate of drug-likeness (QED) is 0.881. The molecular weight excluding hydrogens is 350 g/mol. The second-order valence-corrected chi connectivity index (χ2v) is 8.44. The van der Waals surface area contributed by atoms with Crippen molar-refractivity contribution in [2.75, 3.05) is 26.7 Å². The van der Waals surface area contributed by atoms with E-state index in [1.807, 2.05) is 29.2 Å². The molecule has 140 valence electrons. The summed E-state index contributed by atoms with van der Waals surface area (Å²) in [5.41, 5.74) is 0.122. The fraction of sp³-hybridized carbons (Fsp3) is 0.600. The maximum Gasteiger partial charge on any atom is 0.232 e. The highest BCUT2D eigenvalue weighted by atomic mass is 35.5. The van der Waals surface area contributed by atoms with Crippen LogP contribution in [0.4, 0.5) is 0 Å². The van der Waals surface area contributed by atoms with Crippen LogP contribution < -0.4 is 5.32 Å². The third-order valence-corrected chi connectivity index (χ3v) is 6.68. The lowest BCUT2D eigenvalue weighted by atomic mass is 9.76. The first-order chi connectivity index (χ1) is 12.5. The van der Waals surface area contributed by atoms with E-state index in [4.69, 9.17) is 11.6 Å². The number of halogens is 1. The van der Waals surface area contributed by atoms with E-state index in [1.165, 1.54) is 0 Å². The lowest BCUT2D eigenvalue weighted by Gasteiger charge is -2.34. The fourth-order valence-electron chi connectivity index (χ4n) is 4.79. The van der Waals surface area contributed by atoms with Crippen LogP contribution in [-0.2, 0) is 15.0 Å². The molecule has 3 heterocycles. The second-order valence-electron chi connectivity index (χ2n) is 8.03. The monoisotopic (exact) mass is 375 g/mol. The largest absolute Gasteiger partial charge is 0.352 e. The van der Waals surface area contributed by atoms with Gasteiger partial charge in [-0.3, -0.25) is 9.59 Å². The molecule has 3 aliphatic heterocycles. The molecule has 2 amide bonds. The number of rotatable bonds is 3. The first kappa shape index (κ1) is 17.8. The van der Waals surface area contributed by atoms with E-state index in [2.05, 4.69) is 17.3 Å². The first-order valence-electron chi connectivity index (χ1n) is 9.53. The summed E-state index contributed by atoms with van der Waals surface area (Å²) in [5, 5.41) is 3.90. The Hall–Kier alpha value is -1.59. The Morgan fingerprint density at radius 3 is 2.65 bits per heavy atom. The van der Waals surface area contributed by atoms with Gasteiger partial charge in [0.2, 0.25) is 11.8 Å². The van der Waals surface area contributed by atoms with Crippen LogP contribution in [0.2, 0.25) is 5.02 Å². The van der Waals surface area contributed by atoms with E-state index >= 15 is 0 Å². The zero-order valence-electron chi connectivity index (χ0n) is 15.2. The van der Waals surface area contributed by atoms with Crippen LogP contribution in [0.3, 0.4) is 0 Å². The Balaban J connectivity index is 1.63. The van der Waals surface area contributed by atoms with Gasteiger partial charge in [0.1, 0.15) is 0 Å². The van der Waals surface area contributed by atoms with Gasteiger partial charge in [-0.2, -0.15) is 0 Å². The average molecular weight is 376 g/mol. The highest BCUT2D eigenvalue weighted by Crippen LogP contribution is 2.45. The van der Waals surface area contributed by atoms with Crippen molar-refractivity contribution in [2.45, 2.75) is 49.6 Å². The first-order valence-corrected chi connectivity index (χ1v) is 9.91. The number of hydrogen-bond acceptors (Lipinski definition) is 3. The van der Waals surface area contributed by atoms with Crippen LogP contribution in [0.5, 0.6) is 0 Å². The second kappa shape index (κ2) is 6.86. The van der Waals surface area contributed by atoms with E-state index in [9.17, 15) is 9.59 Å². The number of nitrogens with one attached hydrogen (secondary N) is 1. The Labute approximate surface area is 159 Å². The molecule has 3 saturated heterocycles. The van der Waals surface area contributed by atoms with Gasteiger partial charge in [-0.25, -0.2) is 0 Å². The molecule has 0 aliphatic carbocycles. The van der Waals surface area contributed by atoms with Crippen molar-refractivity contribution in [3.05, 3.63) is 34.9 Å². The van der Waals surface area contributed by atoms with E-state index < -0.39 is 5.41 Å². The van der Waals surface area contributed by atoms with Gasteiger partial charge in [0, 0.05) is 30.1 Å². The number of likely N-dealkylation sites (tertiary alicyclic amines) is 1. The smallest absolute Gasteiger partial charge is 0.232 e. The summed E-state index contributed by atoms with van der Waals surface area (Å²) >= 11 is 6.50. The van der Waals surface area contributed by atoms with Crippen molar-refractivity contribution < 1.29 is 9.59 Å². The predicted octanol–water partition coefficient (Wildman–Crippen LogP) is 2.18. The van der Waals surface area contributed by atoms with Gasteiger partial charge < -0.3 is 15.1 Å². The van der Waals surface area contributed by atoms with Gasteiger partial charge in [0.25, 0.3) is 0 Å². The lowest BCUT2D eigenvalue weighted by molar-refractivity contribution is -0.130. The van der Waals surface area contributed by atoms with Crippen LogP contribution in [0.25, 0.3) is 0 Å². The Morgan fingerprint density at radius 2 is 1.96 bits per heavy atom. The molecular formula is C20H26ClN3O2. The van der Waals surface area contributed by atoms with Crippen LogP contribution in [0.15, 0.2) is 24.3 Å². The van der Waals surface area contributed by atoms with Gasteiger partial charge in [-0.05, 0) is 57.5 Å². The summed E-state index contributed by atoms with van der Waals surface area (Å²) in [7, 11) is 2.11. The Morgan fingerprint density at radius 1 is 1.23 bits per heavy atom. The fourth-order valence-corrected chi connectivity index (χ4v) is 5.10. The standard InChI is InChI=1S/C20H26ClN3O2/c1-23-10-8-14(9-11-23)22-19(26)20(16-4-2-3-5-17(16)21)12-15-6-7-18(25)24(15)13-20/h2-5,14-15H,6-13H2,1H3,(H,22,26)/t15-,20-/m0/s1. The summed E-state index contributed by atoms with van der Waals surface area (Å²) in [6, 6.07) is 7.95. The van der Waals surface area contributed by atoms with Crippen LogP contribution in [0, 0.1) is 0 Å². The van der Waals surface area contributed by atoms with Crippen molar-refractivity contribution in [3.8, 4) is 0 Å². The van der Waals surface area contributed by atoms with Crippen molar-refractivity contribution in [1.82, 2.24) is 15.1 Å². The number of nitrogens with zero attached hydrogens (tertiary/aromatic N) is 2. The molecule has 3 aliphatic rings. The number of fused-ring (bicyclic) bond motifs is 1. The summed E-state index contributed by atoms with van der Waals surface area (Å²) in [4.78, 5) is 29.9. The normalized spacial score (nSPS) is 29.8. The molecule has 0 unspecified atom stereocenters. The van der Waals surface area contributed by atoms with Gasteiger partial charge >= 0.3 is 0 Å². The molecule has 4 rings (SSSR count). The topological polar surface area (TPSA) is 52.7 Å². The molecule has 0 spiro atoms. The highest BCUT2D eigenvalue weighted by Gasteiger charge is 2.54.